The maximum atomic E-state index is 12.1. The van der Waals surface area contributed by atoms with Crippen molar-refractivity contribution in [3.8, 4) is 5.75 Å². The van der Waals surface area contributed by atoms with Crippen LogP contribution in [-0.4, -0.2) is 12.5 Å². The number of carbonyl (C=O) groups excluding carboxylic acids is 1. The summed E-state index contributed by atoms with van der Waals surface area (Å²) in [5.74, 6) is 0.225. The molecule has 3 rings (SSSR count). The zero-order valence-corrected chi connectivity index (χ0v) is 17.8. The van der Waals surface area contributed by atoms with Crippen LogP contribution < -0.4 is 15.4 Å². The lowest BCUT2D eigenvalue weighted by Crippen LogP contribution is -2.20. The van der Waals surface area contributed by atoms with Gasteiger partial charge in [0.1, 0.15) is 5.75 Å². The van der Waals surface area contributed by atoms with Crippen LogP contribution in [0.4, 0.5) is 11.4 Å². The van der Waals surface area contributed by atoms with E-state index in [0.29, 0.717) is 22.3 Å². The molecule has 0 bridgehead atoms. The first-order chi connectivity index (χ1) is 13.9. The molecule has 3 aromatic rings. The Morgan fingerprint density at radius 1 is 1.00 bits per heavy atom. The van der Waals surface area contributed by atoms with E-state index < -0.39 is 0 Å². The standard InChI is InChI=1S/C23H22Cl2N2O2/c1-15-4-3-5-19(10-15)27-23(28)14-29-22-9-7-17(11-20(22)25)13-26-21-12-18(24)8-6-16(21)2/h3-12,26H,13-14H2,1-2H3,(H,27,28). The minimum absolute atomic E-state index is 0.118. The number of nitrogens with one attached hydrogen (secondary N) is 2. The first kappa shape index (κ1) is 21.0. The molecule has 0 aliphatic heterocycles. The summed E-state index contributed by atoms with van der Waals surface area (Å²) in [5.41, 5.74) is 4.89. The van der Waals surface area contributed by atoms with Gasteiger partial charge in [0.05, 0.1) is 5.02 Å². The smallest absolute Gasteiger partial charge is 0.262 e. The molecule has 150 valence electrons. The predicted molar refractivity (Wildman–Crippen MR) is 120 cm³/mol. The van der Waals surface area contributed by atoms with Gasteiger partial charge in [0.25, 0.3) is 5.91 Å². The molecule has 0 heterocycles. The van der Waals surface area contributed by atoms with Crippen molar-refractivity contribution in [2.45, 2.75) is 20.4 Å². The van der Waals surface area contributed by atoms with Crippen molar-refractivity contribution in [3.05, 3.63) is 87.4 Å². The van der Waals surface area contributed by atoms with Gasteiger partial charge >= 0.3 is 0 Å². The largest absolute Gasteiger partial charge is 0.482 e. The van der Waals surface area contributed by atoms with Crippen LogP contribution in [0.25, 0.3) is 0 Å². The highest BCUT2D eigenvalue weighted by molar-refractivity contribution is 6.32. The fourth-order valence-corrected chi connectivity index (χ4v) is 3.25. The van der Waals surface area contributed by atoms with E-state index in [0.717, 1.165) is 28.1 Å². The lowest BCUT2D eigenvalue weighted by atomic mass is 10.1. The van der Waals surface area contributed by atoms with E-state index in [2.05, 4.69) is 10.6 Å². The second-order valence-corrected chi connectivity index (χ2v) is 7.63. The lowest BCUT2D eigenvalue weighted by Gasteiger charge is -2.12. The van der Waals surface area contributed by atoms with E-state index >= 15 is 0 Å². The molecular weight excluding hydrogens is 407 g/mol. The van der Waals surface area contributed by atoms with Crippen molar-refractivity contribution in [2.75, 3.05) is 17.2 Å². The number of hydrogen-bond acceptors (Lipinski definition) is 3. The second-order valence-electron chi connectivity index (χ2n) is 6.78. The molecule has 2 N–H and O–H groups in total. The maximum absolute atomic E-state index is 12.1. The number of hydrogen-bond donors (Lipinski definition) is 2. The van der Waals surface area contributed by atoms with Crippen LogP contribution in [0.5, 0.6) is 5.75 Å². The summed E-state index contributed by atoms with van der Waals surface area (Å²) in [7, 11) is 0. The van der Waals surface area contributed by atoms with Crippen LogP contribution in [-0.2, 0) is 11.3 Å². The van der Waals surface area contributed by atoms with Crippen molar-refractivity contribution >= 4 is 40.5 Å². The molecule has 1 amide bonds. The van der Waals surface area contributed by atoms with E-state index in [1.165, 1.54) is 0 Å². The van der Waals surface area contributed by atoms with Crippen molar-refractivity contribution in [2.24, 2.45) is 0 Å². The second kappa shape index (κ2) is 9.68. The van der Waals surface area contributed by atoms with Crippen LogP contribution in [0.15, 0.2) is 60.7 Å². The van der Waals surface area contributed by atoms with Gasteiger partial charge in [-0.15, -0.1) is 0 Å². The predicted octanol–water partition coefficient (Wildman–Crippen LogP) is 6.24. The van der Waals surface area contributed by atoms with Crippen molar-refractivity contribution < 1.29 is 9.53 Å². The first-order valence-corrected chi connectivity index (χ1v) is 9.94. The van der Waals surface area contributed by atoms with Crippen LogP contribution in [0.3, 0.4) is 0 Å². The summed E-state index contributed by atoms with van der Waals surface area (Å²) in [6.07, 6.45) is 0. The maximum Gasteiger partial charge on any atom is 0.262 e. The van der Waals surface area contributed by atoms with Gasteiger partial charge in [0, 0.05) is 22.9 Å². The van der Waals surface area contributed by atoms with Crippen molar-refractivity contribution in [1.82, 2.24) is 0 Å². The number of halogens is 2. The lowest BCUT2D eigenvalue weighted by molar-refractivity contribution is -0.118. The van der Waals surface area contributed by atoms with Crippen molar-refractivity contribution in [1.29, 1.82) is 0 Å². The Bertz CT molecular complexity index is 1020. The molecule has 3 aromatic carbocycles. The molecule has 0 aliphatic carbocycles. The Hall–Kier alpha value is -2.69. The van der Waals surface area contributed by atoms with Gasteiger partial charge in [0.2, 0.25) is 0 Å². The Kier molecular flexibility index (Phi) is 7.02. The highest BCUT2D eigenvalue weighted by Gasteiger charge is 2.08. The number of carbonyl (C=O) groups is 1. The topological polar surface area (TPSA) is 50.4 Å². The number of amides is 1. The Balaban J connectivity index is 1.55. The van der Waals surface area contributed by atoms with Crippen LogP contribution in [0.2, 0.25) is 10.0 Å². The fourth-order valence-electron chi connectivity index (χ4n) is 2.82. The third-order valence-corrected chi connectivity index (χ3v) is 4.87. The normalized spacial score (nSPS) is 10.5. The average Bonchev–Trinajstić information content (AvgIpc) is 2.68. The van der Waals surface area contributed by atoms with Gasteiger partial charge < -0.3 is 15.4 Å². The van der Waals surface area contributed by atoms with E-state index in [1.807, 2.05) is 68.4 Å². The molecule has 0 atom stereocenters. The molecular formula is C23H22Cl2N2O2. The Morgan fingerprint density at radius 3 is 2.59 bits per heavy atom. The summed E-state index contributed by atoms with van der Waals surface area (Å²) in [6, 6.07) is 18.8. The van der Waals surface area contributed by atoms with Gasteiger partial charge in [-0.25, -0.2) is 0 Å². The summed E-state index contributed by atoms with van der Waals surface area (Å²) in [6.45, 7) is 4.46. The molecule has 0 radical (unpaired) electrons. The van der Waals surface area contributed by atoms with E-state index in [9.17, 15) is 4.79 Å². The van der Waals surface area contributed by atoms with Gasteiger partial charge in [-0.1, -0.05) is 47.5 Å². The molecule has 0 saturated heterocycles. The molecule has 0 aromatic heterocycles. The van der Waals surface area contributed by atoms with Crippen LogP contribution >= 0.6 is 23.2 Å². The summed E-state index contributed by atoms with van der Waals surface area (Å²) >= 11 is 12.4. The number of anilines is 2. The summed E-state index contributed by atoms with van der Waals surface area (Å²) in [4.78, 5) is 12.1. The third kappa shape index (κ3) is 6.14. The average molecular weight is 429 g/mol. The number of benzene rings is 3. The highest BCUT2D eigenvalue weighted by atomic mass is 35.5. The Morgan fingerprint density at radius 2 is 1.83 bits per heavy atom. The molecule has 4 nitrogen and oxygen atoms in total. The zero-order chi connectivity index (χ0) is 20.8. The zero-order valence-electron chi connectivity index (χ0n) is 16.3. The molecule has 29 heavy (non-hydrogen) atoms. The number of ether oxygens (including phenoxy) is 1. The van der Waals surface area contributed by atoms with Gasteiger partial charge in [-0.2, -0.15) is 0 Å². The molecule has 0 saturated carbocycles. The minimum Gasteiger partial charge on any atom is -0.482 e. The molecule has 6 heteroatoms. The van der Waals surface area contributed by atoms with Crippen LogP contribution in [0.1, 0.15) is 16.7 Å². The highest BCUT2D eigenvalue weighted by Crippen LogP contribution is 2.27. The SMILES string of the molecule is Cc1cccc(NC(=O)COc2ccc(CNc3cc(Cl)ccc3C)cc2Cl)c1. The molecule has 0 fully saturated rings. The summed E-state index contributed by atoms with van der Waals surface area (Å²) in [5, 5.41) is 7.29. The Labute approximate surface area is 180 Å². The number of rotatable bonds is 7. The quantitative estimate of drug-likeness (QED) is 0.468. The van der Waals surface area contributed by atoms with Crippen molar-refractivity contribution in [3.63, 3.8) is 0 Å². The van der Waals surface area contributed by atoms with E-state index in [-0.39, 0.29) is 12.5 Å². The molecule has 0 aliphatic rings. The molecule has 0 spiro atoms. The minimum atomic E-state index is -0.242. The van der Waals surface area contributed by atoms with Gasteiger partial charge in [-0.3, -0.25) is 4.79 Å². The molecule has 0 unspecified atom stereocenters. The van der Waals surface area contributed by atoms with E-state index in [1.54, 1.807) is 6.07 Å². The first-order valence-electron chi connectivity index (χ1n) is 9.18. The number of aryl methyl sites for hydroxylation is 2. The third-order valence-electron chi connectivity index (χ3n) is 4.34. The summed E-state index contributed by atoms with van der Waals surface area (Å²) < 4.78 is 5.57. The van der Waals surface area contributed by atoms with Gasteiger partial charge in [0.15, 0.2) is 6.61 Å². The van der Waals surface area contributed by atoms with Gasteiger partial charge in [-0.05, 0) is 66.9 Å². The monoisotopic (exact) mass is 428 g/mol. The van der Waals surface area contributed by atoms with Crippen LogP contribution in [0, 0.1) is 13.8 Å². The fraction of sp³-hybridized carbons (Fsp3) is 0.174. The van der Waals surface area contributed by atoms with E-state index in [4.69, 9.17) is 27.9 Å².